The van der Waals surface area contributed by atoms with Gasteiger partial charge in [0.25, 0.3) is 0 Å². The van der Waals surface area contributed by atoms with E-state index in [4.69, 9.17) is 0 Å². The Morgan fingerprint density at radius 2 is 0.787 bits per heavy atom. The van der Waals surface area contributed by atoms with Crippen molar-refractivity contribution in [3.05, 3.63) is 197 Å². The van der Waals surface area contributed by atoms with E-state index < -0.39 is 5.41 Å². The number of benzene rings is 7. The van der Waals surface area contributed by atoms with Gasteiger partial charge >= 0.3 is 0 Å². The van der Waals surface area contributed by atoms with Gasteiger partial charge in [-0.1, -0.05) is 127 Å². The maximum Gasteiger partial charge on any atom is 0.115 e. The van der Waals surface area contributed by atoms with Gasteiger partial charge in [-0.15, -0.1) is 0 Å². The van der Waals surface area contributed by atoms with Crippen LogP contribution in [0.25, 0.3) is 33.4 Å². The molecule has 226 valence electrons. The van der Waals surface area contributed by atoms with Gasteiger partial charge < -0.3 is 15.3 Å². The average molecular weight is 609 g/mol. The zero-order valence-corrected chi connectivity index (χ0v) is 25.6. The fraction of sp³-hybridized carbons (Fsp3) is 0.0455. The van der Waals surface area contributed by atoms with Crippen LogP contribution in [0.4, 0.5) is 0 Å². The molecule has 0 aliphatic heterocycles. The predicted octanol–water partition coefficient (Wildman–Crippen LogP) is 10.1. The fourth-order valence-corrected chi connectivity index (χ4v) is 7.52. The minimum atomic E-state index is -0.491. The standard InChI is InChI=1S/C25H18O2.C19H14O/c26-19-13-9-17(10-14-19)25(18-11-15-20(27)16-12-18)23-7-3-1-5-21(23)22-6-2-4-8-24(22)25;20-15-10-8-13(9-11-15)16-6-3-7-18-17-5-2-1-4-14(17)12-19(16)18/h1-16,26-27H;1-11,20H,12H2. The van der Waals surface area contributed by atoms with Gasteiger partial charge in [0.1, 0.15) is 17.2 Å². The van der Waals surface area contributed by atoms with E-state index in [0.29, 0.717) is 5.75 Å². The maximum absolute atomic E-state index is 9.85. The molecule has 2 aliphatic rings. The quantitative estimate of drug-likeness (QED) is 0.187. The molecule has 7 aromatic rings. The van der Waals surface area contributed by atoms with E-state index in [1.807, 2.05) is 36.4 Å². The highest BCUT2D eigenvalue weighted by Crippen LogP contribution is 2.56. The molecule has 0 atom stereocenters. The Balaban J connectivity index is 0.000000144. The molecule has 0 saturated heterocycles. The van der Waals surface area contributed by atoms with Crippen LogP contribution in [-0.4, -0.2) is 15.3 Å². The van der Waals surface area contributed by atoms with Crippen LogP contribution in [0.1, 0.15) is 33.4 Å². The van der Waals surface area contributed by atoms with Gasteiger partial charge in [-0.25, -0.2) is 0 Å². The second-order valence-electron chi connectivity index (χ2n) is 12.1. The normalized spacial score (nSPS) is 13.0. The van der Waals surface area contributed by atoms with Crippen molar-refractivity contribution in [1.82, 2.24) is 0 Å². The second-order valence-corrected chi connectivity index (χ2v) is 12.1. The first-order valence-electron chi connectivity index (χ1n) is 15.8. The van der Waals surface area contributed by atoms with Crippen molar-refractivity contribution >= 4 is 0 Å². The first-order chi connectivity index (χ1) is 23.0. The van der Waals surface area contributed by atoms with E-state index in [1.54, 1.807) is 36.4 Å². The lowest BCUT2D eigenvalue weighted by Crippen LogP contribution is -2.28. The summed E-state index contributed by atoms with van der Waals surface area (Å²) in [6.45, 7) is 0. The lowest BCUT2D eigenvalue weighted by atomic mass is 9.68. The number of phenolic OH excluding ortho intramolecular Hbond substituents is 3. The first-order valence-corrected chi connectivity index (χ1v) is 15.8. The summed E-state index contributed by atoms with van der Waals surface area (Å²) in [6, 6.07) is 54.4. The van der Waals surface area contributed by atoms with Crippen molar-refractivity contribution in [2.75, 3.05) is 0 Å². The summed E-state index contributed by atoms with van der Waals surface area (Å²) in [5.74, 6) is 0.808. The summed E-state index contributed by atoms with van der Waals surface area (Å²) in [7, 11) is 0. The number of phenols is 3. The smallest absolute Gasteiger partial charge is 0.115 e. The highest BCUT2D eigenvalue weighted by atomic mass is 16.3. The molecule has 0 radical (unpaired) electrons. The van der Waals surface area contributed by atoms with Gasteiger partial charge in [-0.05, 0) is 110 Å². The molecule has 47 heavy (non-hydrogen) atoms. The summed E-state index contributed by atoms with van der Waals surface area (Å²) in [4.78, 5) is 0. The van der Waals surface area contributed by atoms with E-state index >= 15 is 0 Å². The van der Waals surface area contributed by atoms with Gasteiger partial charge in [0.05, 0.1) is 5.41 Å². The van der Waals surface area contributed by atoms with Crippen LogP contribution in [-0.2, 0) is 11.8 Å². The van der Waals surface area contributed by atoms with Crippen molar-refractivity contribution in [2.24, 2.45) is 0 Å². The predicted molar refractivity (Wildman–Crippen MR) is 189 cm³/mol. The Morgan fingerprint density at radius 3 is 1.34 bits per heavy atom. The molecule has 2 aliphatic carbocycles. The van der Waals surface area contributed by atoms with Crippen LogP contribution in [0.5, 0.6) is 17.2 Å². The SMILES string of the molecule is Oc1ccc(-c2cccc3c2Cc2ccccc2-3)cc1.Oc1ccc(C2(c3ccc(O)cc3)c3ccccc3-c3ccccc32)cc1. The van der Waals surface area contributed by atoms with Crippen LogP contribution >= 0.6 is 0 Å². The maximum atomic E-state index is 9.85. The summed E-state index contributed by atoms with van der Waals surface area (Å²) in [6.07, 6.45) is 0.989. The zero-order chi connectivity index (χ0) is 32.0. The molecule has 0 spiro atoms. The minimum absolute atomic E-state index is 0.249. The number of hydrogen-bond donors (Lipinski definition) is 3. The molecule has 0 heterocycles. The summed E-state index contributed by atoms with van der Waals surface area (Å²) in [5.41, 5.74) is 14.4. The minimum Gasteiger partial charge on any atom is -0.508 e. The Hall–Kier alpha value is -6.06. The molecule has 9 rings (SSSR count). The second kappa shape index (κ2) is 11.4. The molecule has 0 unspecified atom stereocenters. The van der Waals surface area contributed by atoms with E-state index in [9.17, 15) is 15.3 Å². The molecule has 0 aromatic heterocycles. The van der Waals surface area contributed by atoms with Crippen LogP contribution in [0.3, 0.4) is 0 Å². The van der Waals surface area contributed by atoms with E-state index in [2.05, 4.69) is 91.0 Å². The van der Waals surface area contributed by atoms with Crippen LogP contribution < -0.4 is 0 Å². The third-order valence-electron chi connectivity index (χ3n) is 9.58. The Bertz CT molecular complexity index is 2140. The van der Waals surface area contributed by atoms with E-state index in [1.165, 1.54) is 50.1 Å². The van der Waals surface area contributed by atoms with Gasteiger partial charge in [0.15, 0.2) is 0 Å². The number of rotatable bonds is 3. The van der Waals surface area contributed by atoms with E-state index in [-0.39, 0.29) is 11.5 Å². The van der Waals surface area contributed by atoms with E-state index in [0.717, 1.165) is 23.1 Å². The highest BCUT2D eigenvalue weighted by molar-refractivity contribution is 5.87. The molecule has 3 heteroatoms. The van der Waals surface area contributed by atoms with Gasteiger partial charge in [0.2, 0.25) is 0 Å². The van der Waals surface area contributed by atoms with Crippen molar-refractivity contribution in [1.29, 1.82) is 0 Å². The molecule has 3 N–H and O–H groups in total. The molecular formula is C44H32O3. The Labute approximate surface area is 274 Å². The van der Waals surface area contributed by atoms with Gasteiger partial charge in [-0.2, -0.15) is 0 Å². The molecule has 0 saturated carbocycles. The van der Waals surface area contributed by atoms with Gasteiger partial charge in [-0.3, -0.25) is 0 Å². The third-order valence-corrected chi connectivity index (χ3v) is 9.58. The highest BCUT2D eigenvalue weighted by Gasteiger charge is 2.45. The van der Waals surface area contributed by atoms with Crippen molar-refractivity contribution < 1.29 is 15.3 Å². The number of hydrogen-bond acceptors (Lipinski definition) is 3. The lowest BCUT2D eigenvalue weighted by Gasteiger charge is -2.33. The molecule has 0 fully saturated rings. The Morgan fingerprint density at radius 1 is 0.362 bits per heavy atom. The third kappa shape index (κ3) is 4.67. The topological polar surface area (TPSA) is 60.7 Å². The van der Waals surface area contributed by atoms with Crippen LogP contribution in [0.15, 0.2) is 164 Å². The molecule has 0 bridgehead atoms. The van der Waals surface area contributed by atoms with Crippen LogP contribution in [0, 0.1) is 0 Å². The van der Waals surface area contributed by atoms with Crippen molar-refractivity contribution in [3.8, 4) is 50.6 Å². The van der Waals surface area contributed by atoms with Crippen molar-refractivity contribution in [2.45, 2.75) is 11.8 Å². The summed E-state index contributed by atoms with van der Waals surface area (Å²) in [5, 5.41) is 29.1. The fourth-order valence-electron chi connectivity index (χ4n) is 7.52. The van der Waals surface area contributed by atoms with Crippen LogP contribution in [0.2, 0.25) is 0 Å². The monoisotopic (exact) mass is 608 g/mol. The Kier molecular flexibility index (Phi) is 6.88. The number of fused-ring (bicyclic) bond motifs is 6. The lowest BCUT2D eigenvalue weighted by molar-refractivity contribution is 0.474. The average Bonchev–Trinajstić information content (AvgIpc) is 3.64. The molecule has 7 aromatic carbocycles. The molecule has 3 nitrogen and oxygen atoms in total. The van der Waals surface area contributed by atoms with Crippen molar-refractivity contribution in [3.63, 3.8) is 0 Å². The van der Waals surface area contributed by atoms with Gasteiger partial charge in [0, 0.05) is 0 Å². The largest absolute Gasteiger partial charge is 0.508 e. The summed E-state index contributed by atoms with van der Waals surface area (Å²) < 4.78 is 0. The first kappa shape index (κ1) is 28.4. The molecule has 0 amide bonds. The number of aromatic hydroxyl groups is 3. The zero-order valence-electron chi connectivity index (χ0n) is 25.6. The molecular weight excluding hydrogens is 576 g/mol. The summed E-state index contributed by atoms with van der Waals surface area (Å²) >= 11 is 0.